The van der Waals surface area contributed by atoms with Crippen molar-refractivity contribution in [1.82, 2.24) is 0 Å². The Balaban J connectivity index is 1.76. The molecule has 0 N–H and O–H groups in total. The van der Waals surface area contributed by atoms with Crippen molar-refractivity contribution in [2.45, 2.75) is 71.8 Å². The van der Waals surface area contributed by atoms with Gasteiger partial charge in [-0.05, 0) is 54.2 Å². The van der Waals surface area contributed by atoms with Crippen molar-refractivity contribution in [1.29, 1.82) is 0 Å². The third-order valence-electron chi connectivity index (χ3n) is 5.31. The van der Waals surface area contributed by atoms with E-state index in [4.69, 9.17) is 14.2 Å². The maximum atomic E-state index is 5.91. The van der Waals surface area contributed by atoms with Gasteiger partial charge in [0.25, 0.3) is 0 Å². The summed E-state index contributed by atoms with van der Waals surface area (Å²) in [5.74, 6) is 2.42. The number of ether oxygens (including phenoxy) is 3. The van der Waals surface area contributed by atoms with Crippen molar-refractivity contribution in [3.05, 3.63) is 48.5 Å². The monoisotopic (exact) mass is 412 g/mol. The topological polar surface area (TPSA) is 27.7 Å². The molecule has 0 spiro atoms. The minimum Gasteiger partial charge on any atom is -0.494 e. The third-order valence-corrected chi connectivity index (χ3v) is 5.31. The number of methoxy groups -OCH3 is 1. The van der Waals surface area contributed by atoms with Gasteiger partial charge in [-0.15, -0.1) is 0 Å². The molecule has 0 saturated carbocycles. The van der Waals surface area contributed by atoms with E-state index >= 15 is 0 Å². The largest absolute Gasteiger partial charge is 0.494 e. The first-order valence-corrected chi connectivity index (χ1v) is 11.6. The first-order valence-electron chi connectivity index (χ1n) is 11.6. The van der Waals surface area contributed by atoms with Crippen LogP contribution in [0.4, 0.5) is 0 Å². The molecule has 0 heterocycles. The predicted molar refractivity (Wildman–Crippen MR) is 126 cm³/mol. The molecule has 30 heavy (non-hydrogen) atoms. The first-order chi connectivity index (χ1) is 14.6. The van der Waals surface area contributed by atoms with E-state index in [-0.39, 0.29) is 6.10 Å². The van der Waals surface area contributed by atoms with Crippen LogP contribution in [-0.2, 0) is 4.74 Å². The Kier molecular flexibility index (Phi) is 11.4. The Morgan fingerprint density at radius 2 is 1.23 bits per heavy atom. The van der Waals surface area contributed by atoms with Crippen LogP contribution in [0.1, 0.15) is 65.7 Å². The van der Waals surface area contributed by atoms with Crippen LogP contribution in [0.3, 0.4) is 0 Å². The normalized spacial score (nSPS) is 12.2. The van der Waals surface area contributed by atoms with E-state index in [9.17, 15) is 0 Å². The number of benzene rings is 2. The molecular formula is C27H40O3. The summed E-state index contributed by atoms with van der Waals surface area (Å²) in [4.78, 5) is 0. The molecule has 0 amide bonds. The molecule has 0 aliphatic carbocycles. The molecular weight excluding hydrogens is 372 g/mol. The van der Waals surface area contributed by atoms with Crippen LogP contribution in [0.15, 0.2) is 48.5 Å². The second-order valence-electron chi connectivity index (χ2n) is 8.46. The lowest BCUT2D eigenvalue weighted by Crippen LogP contribution is -2.22. The molecule has 0 fully saturated rings. The van der Waals surface area contributed by atoms with Gasteiger partial charge in [-0.25, -0.2) is 0 Å². The Bertz CT molecular complexity index is 676. The van der Waals surface area contributed by atoms with Crippen molar-refractivity contribution in [2.75, 3.05) is 20.3 Å². The Labute approximate surface area is 183 Å². The molecule has 0 saturated heterocycles. The van der Waals surface area contributed by atoms with E-state index in [1.54, 1.807) is 7.11 Å². The van der Waals surface area contributed by atoms with Crippen LogP contribution in [-0.4, -0.2) is 26.4 Å². The van der Waals surface area contributed by atoms with Crippen LogP contribution in [0, 0.1) is 5.92 Å². The second-order valence-corrected chi connectivity index (χ2v) is 8.46. The summed E-state index contributed by atoms with van der Waals surface area (Å²) in [7, 11) is 1.75. The van der Waals surface area contributed by atoms with Gasteiger partial charge in [0.1, 0.15) is 18.1 Å². The zero-order valence-corrected chi connectivity index (χ0v) is 19.4. The van der Waals surface area contributed by atoms with E-state index in [2.05, 4.69) is 57.2 Å². The molecule has 3 heteroatoms. The summed E-state index contributed by atoms with van der Waals surface area (Å²) in [6.07, 6.45) is 8.84. The van der Waals surface area contributed by atoms with E-state index in [0.717, 1.165) is 30.9 Å². The minimum atomic E-state index is 0.133. The van der Waals surface area contributed by atoms with E-state index < -0.39 is 0 Å². The highest BCUT2D eigenvalue weighted by Gasteiger charge is 2.10. The fourth-order valence-corrected chi connectivity index (χ4v) is 3.51. The number of rotatable bonds is 15. The van der Waals surface area contributed by atoms with Crippen molar-refractivity contribution < 1.29 is 14.2 Å². The SMILES string of the molecule is CCCCCCCCOc1ccc(-c2ccc(OCC(CC(C)C)OC)cc2)cc1. The fraction of sp³-hybridized carbons (Fsp3) is 0.556. The summed E-state index contributed by atoms with van der Waals surface area (Å²) in [6.45, 7) is 8.04. The summed E-state index contributed by atoms with van der Waals surface area (Å²) >= 11 is 0. The quantitative estimate of drug-likeness (QED) is 0.283. The Morgan fingerprint density at radius 1 is 0.700 bits per heavy atom. The minimum absolute atomic E-state index is 0.133. The number of unbranched alkanes of at least 4 members (excludes halogenated alkanes) is 5. The van der Waals surface area contributed by atoms with Crippen molar-refractivity contribution in [2.24, 2.45) is 5.92 Å². The zero-order chi connectivity index (χ0) is 21.6. The van der Waals surface area contributed by atoms with Crippen LogP contribution >= 0.6 is 0 Å². The molecule has 166 valence electrons. The first kappa shape index (κ1) is 24.3. The molecule has 2 rings (SSSR count). The molecule has 2 aromatic rings. The smallest absolute Gasteiger partial charge is 0.119 e. The van der Waals surface area contributed by atoms with Crippen LogP contribution in [0.2, 0.25) is 0 Å². The molecule has 0 aliphatic rings. The van der Waals surface area contributed by atoms with Crippen molar-refractivity contribution in [3.8, 4) is 22.6 Å². The lowest BCUT2D eigenvalue weighted by molar-refractivity contribution is 0.0434. The Hall–Kier alpha value is -2.00. The molecule has 0 aliphatic heterocycles. The molecule has 0 bridgehead atoms. The van der Waals surface area contributed by atoms with Crippen LogP contribution in [0.5, 0.6) is 11.5 Å². The molecule has 1 atom stereocenters. The van der Waals surface area contributed by atoms with Gasteiger partial charge in [-0.2, -0.15) is 0 Å². The van der Waals surface area contributed by atoms with Gasteiger partial charge >= 0.3 is 0 Å². The summed E-state index contributed by atoms with van der Waals surface area (Å²) < 4.78 is 17.3. The van der Waals surface area contributed by atoms with Gasteiger partial charge in [0.2, 0.25) is 0 Å². The zero-order valence-electron chi connectivity index (χ0n) is 19.4. The van der Waals surface area contributed by atoms with Gasteiger partial charge in [-0.3, -0.25) is 0 Å². The molecule has 1 unspecified atom stereocenters. The highest BCUT2D eigenvalue weighted by molar-refractivity contribution is 5.64. The maximum Gasteiger partial charge on any atom is 0.119 e. The fourth-order valence-electron chi connectivity index (χ4n) is 3.51. The van der Waals surface area contributed by atoms with E-state index in [1.165, 1.54) is 43.2 Å². The maximum absolute atomic E-state index is 5.91. The van der Waals surface area contributed by atoms with Crippen molar-refractivity contribution in [3.63, 3.8) is 0 Å². The van der Waals surface area contributed by atoms with E-state index in [1.807, 2.05) is 12.1 Å². The lowest BCUT2D eigenvalue weighted by Gasteiger charge is -2.18. The predicted octanol–water partition coefficient (Wildman–Crippen LogP) is 7.53. The van der Waals surface area contributed by atoms with Gasteiger partial charge in [-0.1, -0.05) is 77.1 Å². The summed E-state index contributed by atoms with van der Waals surface area (Å²) in [5.41, 5.74) is 2.36. The Morgan fingerprint density at radius 3 is 1.77 bits per heavy atom. The van der Waals surface area contributed by atoms with Gasteiger partial charge < -0.3 is 14.2 Å². The highest BCUT2D eigenvalue weighted by atomic mass is 16.5. The summed E-state index contributed by atoms with van der Waals surface area (Å²) in [6, 6.07) is 16.6. The van der Waals surface area contributed by atoms with E-state index in [0.29, 0.717) is 12.5 Å². The number of hydrogen-bond donors (Lipinski definition) is 0. The van der Waals surface area contributed by atoms with Crippen LogP contribution < -0.4 is 9.47 Å². The van der Waals surface area contributed by atoms with Gasteiger partial charge in [0.15, 0.2) is 0 Å². The van der Waals surface area contributed by atoms with Crippen LogP contribution in [0.25, 0.3) is 11.1 Å². The standard InChI is InChI=1S/C27H40O3/c1-5-6-7-8-9-10-19-29-25-15-11-23(12-16-25)24-13-17-26(18-14-24)30-21-27(28-4)20-22(2)3/h11-18,22,27H,5-10,19-21H2,1-4H3. The molecule has 2 aromatic carbocycles. The molecule has 3 nitrogen and oxygen atoms in total. The second kappa shape index (κ2) is 14.1. The highest BCUT2D eigenvalue weighted by Crippen LogP contribution is 2.25. The molecule has 0 aromatic heterocycles. The number of hydrogen-bond acceptors (Lipinski definition) is 3. The van der Waals surface area contributed by atoms with Crippen molar-refractivity contribution >= 4 is 0 Å². The molecule has 0 radical (unpaired) electrons. The lowest BCUT2D eigenvalue weighted by atomic mass is 10.1. The average Bonchev–Trinajstić information content (AvgIpc) is 2.76. The third kappa shape index (κ3) is 9.21. The van der Waals surface area contributed by atoms with Gasteiger partial charge in [0, 0.05) is 7.11 Å². The average molecular weight is 413 g/mol. The van der Waals surface area contributed by atoms with Gasteiger partial charge in [0.05, 0.1) is 12.7 Å². The summed E-state index contributed by atoms with van der Waals surface area (Å²) in [5, 5.41) is 0.